The van der Waals surface area contributed by atoms with Gasteiger partial charge in [-0.05, 0) is 156 Å². The van der Waals surface area contributed by atoms with Crippen molar-refractivity contribution in [1.29, 1.82) is 0 Å². The Balaban J connectivity index is 0.00000106. The molecule has 0 spiro atoms. The summed E-state index contributed by atoms with van der Waals surface area (Å²) in [4.78, 5) is 65.5. The van der Waals surface area contributed by atoms with E-state index in [-0.39, 0.29) is 47.2 Å². The molecule has 0 radical (unpaired) electrons. The number of nitrogens with zero attached hydrogens (tertiary/aromatic N) is 9. The number of aryl methyl sites for hydroxylation is 1. The number of hydrogen-bond acceptors (Lipinski definition) is 20. The van der Waals surface area contributed by atoms with E-state index in [4.69, 9.17) is 23.1 Å². The largest absolute Gasteiger partial charge is 0.399 e. The molecule has 6 aromatic carbocycles. The van der Waals surface area contributed by atoms with Crippen LogP contribution in [-0.4, -0.2) is 178 Å². The van der Waals surface area contributed by atoms with Crippen LogP contribution in [-0.2, 0) is 9.59 Å². The number of hydrogen-bond donors (Lipinski definition) is 7. The Hall–Kier alpha value is -8.75. The van der Waals surface area contributed by atoms with Gasteiger partial charge in [0.25, 0.3) is 17.1 Å². The highest BCUT2D eigenvalue weighted by molar-refractivity contribution is 6.64. The van der Waals surface area contributed by atoms with Gasteiger partial charge >= 0.3 is 0 Å². The molecule has 7 aromatic rings. The van der Waals surface area contributed by atoms with Crippen molar-refractivity contribution >= 4 is 109 Å². The number of nitrogens with one attached hydrogen (secondary N) is 5. The van der Waals surface area contributed by atoms with Crippen LogP contribution in [0.2, 0.25) is 0 Å². The van der Waals surface area contributed by atoms with Crippen molar-refractivity contribution < 1.29 is 24.4 Å². The highest BCUT2D eigenvalue weighted by Gasteiger charge is 2.10. The van der Waals surface area contributed by atoms with Crippen LogP contribution in [0, 0.1) is 37.3 Å². The number of nitrogen functional groups attached to an aromatic ring is 2. The second-order valence-corrected chi connectivity index (χ2v) is 20.6. The Morgan fingerprint density at radius 3 is 1.30 bits per heavy atom. The predicted octanol–water partition coefficient (Wildman–Crippen LogP) is 11.1. The Morgan fingerprint density at radius 1 is 0.489 bits per heavy atom. The number of fused-ring (bicyclic) bond motifs is 1. The number of pyridine rings is 1. The van der Waals surface area contributed by atoms with Crippen LogP contribution < -0.4 is 38.1 Å². The molecule has 1 heterocycles. The molecule has 0 aliphatic heterocycles. The predicted molar refractivity (Wildman–Crippen MR) is 367 cm³/mol. The molecule has 1 aromatic heterocycles. The Bertz CT molecular complexity index is 3170. The summed E-state index contributed by atoms with van der Waals surface area (Å²) in [6.45, 7) is 12.1. The summed E-state index contributed by atoms with van der Waals surface area (Å²) in [6, 6.07) is 44.7. The lowest BCUT2D eigenvalue weighted by molar-refractivity contribution is -0.385. The van der Waals surface area contributed by atoms with Crippen LogP contribution in [0.25, 0.3) is 10.9 Å². The number of nitro benzene ring substituents is 3. The second kappa shape index (κ2) is 44.7. The third-order valence-corrected chi connectivity index (χ3v) is 11.0. The summed E-state index contributed by atoms with van der Waals surface area (Å²) in [5, 5.41) is 47.9. The number of rotatable bonds is 22. The minimum Gasteiger partial charge on any atom is -0.399 e. The van der Waals surface area contributed by atoms with Gasteiger partial charge in [-0.2, -0.15) is 0 Å². The summed E-state index contributed by atoms with van der Waals surface area (Å²) in [7, 11) is 19.4. The van der Waals surface area contributed by atoms with Crippen LogP contribution in [0.5, 0.6) is 0 Å². The summed E-state index contributed by atoms with van der Waals surface area (Å²) in [6.07, 6.45) is 0. The van der Waals surface area contributed by atoms with E-state index in [9.17, 15) is 39.9 Å². The number of nitrogens with two attached hydrogens (primary N) is 2. The van der Waals surface area contributed by atoms with E-state index in [1.165, 1.54) is 42.5 Å². The number of benzene rings is 6. The average Bonchev–Trinajstić information content (AvgIpc) is 2.15. The zero-order chi connectivity index (χ0) is 65.4. The van der Waals surface area contributed by atoms with Crippen molar-refractivity contribution in [2.75, 3.05) is 161 Å². The number of nitro groups is 3. The van der Waals surface area contributed by atoms with E-state index < -0.39 is 14.8 Å². The fourth-order valence-electron chi connectivity index (χ4n) is 7.00. The number of para-hydroxylation sites is 1. The molecule has 0 unspecified atom stereocenters. The Kier molecular flexibility index (Phi) is 40.2. The molecular formula is C62H90Cl2N16O8. The molecule has 9 N–H and O–H groups in total. The third-order valence-electron chi connectivity index (χ3n) is 10.9. The van der Waals surface area contributed by atoms with E-state index in [0.29, 0.717) is 17.9 Å². The topological polar surface area (TPSA) is 305 Å². The number of likely N-dealkylation sites (N-methyl/N-ethyl adjacent to an activating group) is 5. The smallest absolute Gasteiger partial charge is 0.271 e. The molecule has 0 aliphatic rings. The molecule has 0 saturated heterocycles. The highest BCUT2D eigenvalue weighted by atomic mass is 35.5. The lowest BCUT2D eigenvalue weighted by atomic mass is 10.1. The van der Waals surface area contributed by atoms with Crippen LogP contribution in [0.15, 0.2) is 152 Å². The van der Waals surface area contributed by atoms with Crippen LogP contribution >= 0.6 is 24.0 Å². The second-order valence-electron chi connectivity index (χ2n) is 20.2. The fourth-order valence-corrected chi connectivity index (χ4v) is 7.23. The lowest BCUT2D eigenvalue weighted by Crippen LogP contribution is -2.27. The van der Waals surface area contributed by atoms with Crippen molar-refractivity contribution in [2.24, 2.45) is 0 Å². The highest BCUT2D eigenvalue weighted by Crippen LogP contribution is 2.28. The summed E-state index contributed by atoms with van der Waals surface area (Å²) >= 11 is 4.99. The molecule has 0 fully saturated rings. The van der Waals surface area contributed by atoms with E-state index in [0.717, 1.165) is 90.0 Å². The maximum Gasteiger partial charge on any atom is 0.271 e. The van der Waals surface area contributed by atoms with Gasteiger partial charge in [0.15, 0.2) is 0 Å². The molecular weight excluding hydrogens is 1170 g/mol. The molecule has 26 heteroatoms. The summed E-state index contributed by atoms with van der Waals surface area (Å²) in [5.74, 6) is -0.203. The fraction of sp³-hybridized carbons (Fsp3) is 0.339. The Morgan fingerprint density at radius 2 is 0.875 bits per heavy atom. The molecule has 0 aliphatic carbocycles. The van der Waals surface area contributed by atoms with Crippen molar-refractivity contribution in [2.45, 2.75) is 20.8 Å². The molecule has 24 nitrogen and oxygen atoms in total. The monoisotopic (exact) mass is 1260 g/mol. The minimum atomic E-state index is -0.498. The minimum absolute atomic E-state index is 0. The number of halogens is 2. The van der Waals surface area contributed by atoms with Gasteiger partial charge in [0.1, 0.15) is 0 Å². The van der Waals surface area contributed by atoms with E-state index in [1.54, 1.807) is 62.3 Å². The first kappa shape index (κ1) is 79.2. The van der Waals surface area contributed by atoms with Gasteiger partial charge in [0, 0.05) is 132 Å². The maximum absolute atomic E-state index is 11.4. The first-order chi connectivity index (χ1) is 41.2. The van der Waals surface area contributed by atoms with E-state index >= 15 is 0 Å². The van der Waals surface area contributed by atoms with Gasteiger partial charge in [-0.1, -0.05) is 62.4 Å². The third kappa shape index (κ3) is 37.0. The molecule has 1 amide bonds. The van der Waals surface area contributed by atoms with Crippen molar-refractivity contribution in [1.82, 2.24) is 29.5 Å². The molecule has 480 valence electrons. The lowest BCUT2D eigenvalue weighted by Gasteiger charge is -2.14. The number of non-ortho nitro benzene ring substituents is 3. The van der Waals surface area contributed by atoms with Gasteiger partial charge in [-0.15, -0.1) is 12.4 Å². The zero-order valence-electron chi connectivity index (χ0n) is 52.8. The summed E-state index contributed by atoms with van der Waals surface area (Å²) < 4.78 is 0. The summed E-state index contributed by atoms with van der Waals surface area (Å²) in [5.41, 5.74) is 19.9. The molecule has 0 saturated carbocycles. The van der Waals surface area contributed by atoms with Gasteiger partial charge in [-0.25, -0.2) is 0 Å². The molecule has 0 atom stereocenters. The number of amides is 1. The number of carbonyl (C=O) groups is 2. The van der Waals surface area contributed by atoms with Crippen molar-refractivity contribution in [3.05, 3.63) is 188 Å². The number of anilines is 8. The van der Waals surface area contributed by atoms with E-state index in [1.807, 2.05) is 88.3 Å². The molecule has 7 rings (SSSR count). The molecule has 0 bridgehead atoms. The van der Waals surface area contributed by atoms with Gasteiger partial charge in [-0.3, -0.25) is 44.9 Å². The normalized spacial score (nSPS) is 10.0. The van der Waals surface area contributed by atoms with Gasteiger partial charge in [0.05, 0.1) is 33.4 Å². The zero-order valence-corrected chi connectivity index (χ0v) is 54.4. The van der Waals surface area contributed by atoms with Crippen LogP contribution in [0.3, 0.4) is 0 Å². The van der Waals surface area contributed by atoms with Crippen LogP contribution in [0.1, 0.15) is 19.5 Å². The first-order valence-corrected chi connectivity index (χ1v) is 28.1. The van der Waals surface area contributed by atoms with Crippen molar-refractivity contribution in [3.8, 4) is 0 Å². The SMILES string of the molecule is CC.CN(C)CC(=O)Cl.CN(C)CC(=O)Nc1cccc([N+](=O)[O-])c1.CN(C)CCNc1cccc(N)c1.CN(C)CCNc1cccc([N+](=O)[O-])c1.Cc1cc(Nc2cccc(NCCN(C)C)c2)c2ccccc2n1.Cl.Nc1cccc([N+](=O)[O-])c1. The number of aromatic nitrogens is 1. The first-order valence-electron chi connectivity index (χ1n) is 27.7. The number of carbonyl (C=O) groups excluding carboxylic acids is 2. The van der Waals surface area contributed by atoms with Crippen molar-refractivity contribution in [3.63, 3.8) is 0 Å². The van der Waals surface area contributed by atoms with E-state index in [2.05, 4.69) is 106 Å². The molecule has 88 heavy (non-hydrogen) atoms. The van der Waals surface area contributed by atoms with Gasteiger partial charge in [0.2, 0.25) is 11.1 Å². The van der Waals surface area contributed by atoms with Crippen LogP contribution in [0.4, 0.5) is 62.6 Å². The average molecular weight is 1260 g/mol. The quantitative estimate of drug-likeness (QED) is 0.0144. The maximum atomic E-state index is 11.4. The Labute approximate surface area is 529 Å². The standard InChI is InChI=1S/C20H24N4.C10H13N3O3.C10H15N3O2.C10H17N3.C6H6N2O2.C4H8ClNO.C2H6.ClH/c1-15-13-20(18-9-4-5-10-19(18)22-15)23-17-8-6-7-16(14-17)21-11-12-24(2)3;1-12(2)7-10(14)11-8-4-3-5-9(6-8)13(15)16;1-12(2)7-6-11-9-4-3-5-10(8-9)13(14)15;1-13(2)7-6-12-10-5-3-4-9(11)8-10;7-5-2-1-3-6(4-5)8(9)10;1-6(2)3-4(5)7;1-2;/h4-10,13-14,21H,11-12H2,1-3H3,(H,22,23);3-6H,7H2,1-2H3,(H,11,14);3-5,8,11H,6-7H2,1-2H3;3-5,8,12H,6-7,11H2,1-2H3;1-4H,7H2;3H2,1-2H3;1-2H3;1H. The van der Waals surface area contributed by atoms with Gasteiger partial charge < -0.3 is 62.6 Å².